The highest BCUT2D eigenvalue weighted by Crippen LogP contribution is 2.40. The monoisotopic (exact) mass is 697 g/mol. The molecule has 7 heteroatoms. The Balaban J connectivity index is 1.04. The maximum atomic E-state index is 5.30. The van der Waals surface area contributed by atoms with E-state index in [1.165, 1.54) is 37.8 Å². The highest BCUT2D eigenvalue weighted by Gasteiger charge is 2.29. The fourth-order valence-electron chi connectivity index (χ4n) is 8.34. The molecule has 0 amide bonds. The van der Waals surface area contributed by atoms with Gasteiger partial charge in [0.05, 0.1) is 27.8 Å². The predicted octanol–water partition coefficient (Wildman–Crippen LogP) is 10.0. The molecular weight excluding hydrogens is 663 g/mol. The summed E-state index contributed by atoms with van der Waals surface area (Å²) >= 11 is 0. The third kappa shape index (κ3) is 4.94. The Morgan fingerprint density at radius 1 is 0.500 bits per heavy atom. The minimum atomic E-state index is -0.409. The quantitative estimate of drug-likeness (QED) is 0.168. The number of para-hydroxylation sites is 3. The fourth-order valence-corrected chi connectivity index (χ4v) is 8.34. The van der Waals surface area contributed by atoms with Crippen molar-refractivity contribution in [1.82, 2.24) is 25.1 Å². The molecule has 0 spiro atoms. The summed E-state index contributed by atoms with van der Waals surface area (Å²) in [6.07, 6.45) is 3.10. The van der Waals surface area contributed by atoms with Crippen molar-refractivity contribution in [2.75, 3.05) is 0 Å². The van der Waals surface area contributed by atoms with Crippen LogP contribution >= 0.6 is 0 Å². The first-order valence-electron chi connectivity index (χ1n) is 18.4. The molecule has 3 N–H and O–H groups in total. The van der Waals surface area contributed by atoms with Crippen LogP contribution in [0.5, 0.6) is 0 Å². The number of nitrogens with one attached hydrogen (secondary N) is 3. The summed E-state index contributed by atoms with van der Waals surface area (Å²) in [5.41, 5.74) is 8.82. The Morgan fingerprint density at radius 2 is 1.19 bits per heavy atom. The molecule has 2 aliphatic heterocycles. The average molecular weight is 698 g/mol. The number of nitrogens with zero attached hydrogens (tertiary/aromatic N) is 4. The zero-order chi connectivity index (χ0) is 35.6. The average Bonchev–Trinajstić information content (AvgIpc) is 3.75. The van der Waals surface area contributed by atoms with Gasteiger partial charge in [0.15, 0.2) is 0 Å². The number of hydrogen-bond acceptors (Lipinski definition) is 5. The van der Waals surface area contributed by atoms with E-state index in [1.54, 1.807) is 0 Å². The van der Waals surface area contributed by atoms with Gasteiger partial charge < -0.3 is 19.8 Å². The number of hydrogen-bond donors (Lipinski definition) is 3. The van der Waals surface area contributed by atoms with Gasteiger partial charge >= 0.3 is 0 Å². The van der Waals surface area contributed by atoms with Gasteiger partial charge in [-0.1, -0.05) is 121 Å². The standard InChI is InChI=1S/C47H35N7/c1-3-14-31(15-4-1)44-50-45(33-24-23-30-13-7-8-16-32(30)27-33)52-46(51-44)39-25-26-48-47(49-39)54-41-22-12-10-20-36(41)38-28-37-35-19-9-11-21-40(35)53(42(37)29-43(38)54)34-17-5-2-6-18-34/h1-29,44-45,47,49-50H,(H,51,52). The van der Waals surface area contributed by atoms with E-state index in [2.05, 4.69) is 183 Å². The maximum Gasteiger partial charge on any atom is 0.200 e. The smallest absolute Gasteiger partial charge is 0.200 e. The van der Waals surface area contributed by atoms with Crippen LogP contribution in [-0.2, 0) is 0 Å². The van der Waals surface area contributed by atoms with Crippen molar-refractivity contribution in [3.63, 3.8) is 0 Å². The Kier molecular flexibility index (Phi) is 7.00. The van der Waals surface area contributed by atoms with Gasteiger partial charge in [-0.05, 0) is 70.4 Å². The molecule has 11 rings (SSSR count). The summed E-state index contributed by atoms with van der Waals surface area (Å²) in [4.78, 5) is 10.4. The second-order valence-corrected chi connectivity index (χ2v) is 14.0. The van der Waals surface area contributed by atoms with E-state index >= 15 is 0 Å². The van der Waals surface area contributed by atoms with E-state index < -0.39 is 6.29 Å². The molecule has 3 unspecified atom stereocenters. The van der Waals surface area contributed by atoms with E-state index in [0.29, 0.717) is 0 Å². The van der Waals surface area contributed by atoms with E-state index in [0.717, 1.165) is 44.9 Å². The molecule has 0 fully saturated rings. The van der Waals surface area contributed by atoms with Crippen LogP contribution in [0.15, 0.2) is 186 Å². The second kappa shape index (κ2) is 12.3. The molecule has 3 atom stereocenters. The molecule has 0 saturated heterocycles. The fraction of sp³-hybridized carbons (Fsp3) is 0.0638. The molecule has 2 aliphatic rings. The van der Waals surface area contributed by atoms with Gasteiger partial charge in [0, 0.05) is 33.4 Å². The minimum Gasteiger partial charge on any atom is -0.349 e. The van der Waals surface area contributed by atoms with Crippen molar-refractivity contribution in [3.05, 3.63) is 187 Å². The van der Waals surface area contributed by atoms with Crippen LogP contribution in [0, 0.1) is 0 Å². The predicted molar refractivity (Wildman–Crippen MR) is 222 cm³/mol. The summed E-state index contributed by atoms with van der Waals surface area (Å²) in [6.45, 7) is 0. The summed E-state index contributed by atoms with van der Waals surface area (Å²) in [6, 6.07) is 58.2. The van der Waals surface area contributed by atoms with E-state index in [-0.39, 0.29) is 12.3 Å². The second-order valence-electron chi connectivity index (χ2n) is 14.0. The molecule has 0 radical (unpaired) electrons. The lowest BCUT2D eigenvalue weighted by Crippen LogP contribution is -2.48. The largest absolute Gasteiger partial charge is 0.349 e. The van der Waals surface area contributed by atoms with E-state index in [4.69, 9.17) is 9.98 Å². The molecule has 9 aromatic rings. The maximum absolute atomic E-state index is 5.30. The van der Waals surface area contributed by atoms with Gasteiger partial charge in [-0.25, -0.2) is 9.98 Å². The van der Waals surface area contributed by atoms with Crippen molar-refractivity contribution in [2.45, 2.75) is 18.6 Å². The van der Waals surface area contributed by atoms with Crippen LogP contribution < -0.4 is 16.0 Å². The van der Waals surface area contributed by atoms with Crippen LogP contribution in [-0.4, -0.2) is 21.2 Å². The molecule has 7 aromatic carbocycles. The van der Waals surface area contributed by atoms with Crippen LogP contribution in [0.25, 0.3) is 60.1 Å². The van der Waals surface area contributed by atoms with Gasteiger partial charge in [-0.2, -0.15) is 0 Å². The van der Waals surface area contributed by atoms with Crippen LogP contribution in [0.2, 0.25) is 0 Å². The number of rotatable bonds is 5. The normalized spacial score (nSPS) is 18.6. The molecule has 4 heterocycles. The lowest BCUT2D eigenvalue weighted by atomic mass is 10.0. The summed E-state index contributed by atoms with van der Waals surface area (Å²) in [7, 11) is 0. The number of aliphatic imine (C=N–C) groups is 2. The Labute approximate surface area is 311 Å². The Hall–Kier alpha value is -6.96. The van der Waals surface area contributed by atoms with Crippen molar-refractivity contribution < 1.29 is 0 Å². The summed E-state index contributed by atoms with van der Waals surface area (Å²) < 4.78 is 4.71. The topological polar surface area (TPSA) is 70.7 Å². The van der Waals surface area contributed by atoms with Crippen molar-refractivity contribution in [1.29, 1.82) is 0 Å². The Morgan fingerprint density at radius 3 is 2.02 bits per heavy atom. The molecular formula is C47H35N7. The van der Waals surface area contributed by atoms with Crippen molar-refractivity contribution in [3.8, 4) is 5.69 Å². The molecule has 2 aromatic heterocycles. The molecule has 0 aliphatic carbocycles. The van der Waals surface area contributed by atoms with Gasteiger partial charge in [0.1, 0.15) is 18.2 Å². The molecule has 258 valence electrons. The first-order valence-corrected chi connectivity index (χ1v) is 18.4. The third-order valence-corrected chi connectivity index (χ3v) is 10.9. The van der Waals surface area contributed by atoms with E-state index in [9.17, 15) is 0 Å². The van der Waals surface area contributed by atoms with Gasteiger partial charge in [0.25, 0.3) is 0 Å². The highest BCUT2D eigenvalue weighted by atomic mass is 15.3. The molecule has 0 bridgehead atoms. The van der Waals surface area contributed by atoms with Crippen molar-refractivity contribution in [2.24, 2.45) is 9.98 Å². The van der Waals surface area contributed by atoms with Crippen LogP contribution in [0.1, 0.15) is 29.7 Å². The lowest BCUT2D eigenvalue weighted by Gasteiger charge is -2.34. The zero-order valence-corrected chi connectivity index (χ0v) is 29.3. The zero-order valence-electron chi connectivity index (χ0n) is 29.3. The van der Waals surface area contributed by atoms with E-state index in [1.807, 2.05) is 18.4 Å². The summed E-state index contributed by atoms with van der Waals surface area (Å²) in [5, 5.41) is 18.5. The molecule has 7 nitrogen and oxygen atoms in total. The number of benzene rings is 7. The number of aromatic nitrogens is 2. The first kappa shape index (κ1) is 30.6. The number of fused-ring (bicyclic) bond motifs is 7. The van der Waals surface area contributed by atoms with Gasteiger partial charge in [0.2, 0.25) is 6.29 Å². The summed E-state index contributed by atoms with van der Waals surface area (Å²) in [5.74, 6) is 0.782. The SMILES string of the molecule is C1=NC(n2c3ccccc3c3cc4c5ccccc5n(-c5ccccc5)c4cc32)NC(C2=NC(c3ccc4ccccc4c3)NC(c3ccccc3)N2)=C1. The third-order valence-electron chi connectivity index (χ3n) is 10.9. The van der Waals surface area contributed by atoms with Gasteiger partial charge in [-0.3, -0.25) is 5.32 Å². The Bertz CT molecular complexity index is 2990. The number of allylic oxidation sites excluding steroid dienone is 1. The van der Waals surface area contributed by atoms with Gasteiger partial charge in [-0.15, -0.1) is 0 Å². The van der Waals surface area contributed by atoms with Crippen molar-refractivity contribution >= 4 is 66.4 Å². The van der Waals surface area contributed by atoms with Crippen LogP contribution in [0.4, 0.5) is 0 Å². The molecule has 54 heavy (non-hydrogen) atoms. The highest BCUT2D eigenvalue weighted by molar-refractivity contribution is 6.18. The minimum absolute atomic E-state index is 0.156. The lowest BCUT2D eigenvalue weighted by molar-refractivity contribution is 0.404. The first-order chi connectivity index (χ1) is 26.8. The van der Waals surface area contributed by atoms with Crippen LogP contribution in [0.3, 0.4) is 0 Å². The number of amidine groups is 1. The molecule has 0 saturated carbocycles.